The molecule has 146 valence electrons. The van der Waals surface area contributed by atoms with Crippen LogP contribution in [0.5, 0.6) is 0 Å². The summed E-state index contributed by atoms with van der Waals surface area (Å²) in [4.78, 5) is 29.2. The minimum Gasteiger partial charge on any atom is -0.371 e. The van der Waals surface area contributed by atoms with Crippen LogP contribution in [0.1, 0.15) is 25.3 Å². The Morgan fingerprint density at radius 3 is 2.32 bits per heavy atom. The normalized spacial score (nSPS) is 22.0. The largest absolute Gasteiger partial charge is 0.371 e. The molecule has 4 rings (SSSR count). The molecule has 28 heavy (non-hydrogen) atoms. The van der Waals surface area contributed by atoms with Crippen molar-refractivity contribution in [1.82, 2.24) is 0 Å². The smallest absolute Gasteiger partial charge is 0.229 e. The van der Waals surface area contributed by atoms with Crippen molar-refractivity contribution in [2.45, 2.75) is 26.7 Å². The lowest BCUT2D eigenvalue weighted by Gasteiger charge is -2.19. The van der Waals surface area contributed by atoms with Crippen LogP contribution in [-0.4, -0.2) is 31.4 Å². The van der Waals surface area contributed by atoms with Crippen LogP contribution in [0.3, 0.4) is 0 Å². The van der Waals surface area contributed by atoms with Crippen molar-refractivity contribution >= 4 is 28.9 Å². The minimum absolute atomic E-state index is 0.00232. The topological polar surface area (TPSA) is 52.7 Å². The number of hydrogen-bond donors (Lipinski definition) is 1. The van der Waals surface area contributed by atoms with Crippen LogP contribution in [0.25, 0.3) is 0 Å². The van der Waals surface area contributed by atoms with Crippen molar-refractivity contribution in [3.8, 4) is 0 Å². The monoisotopic (exact) mass is 377 g/mol. The van der Waals surface area contributed by atoms with Gasteiger partial charge in [0.2, 0.25) is 11.8 Å². The first kappa shape index (κ1) is 18.5. The molecule has 5 nitrogen and oxygen atoms in total. The third kappa shape index (κ3) is 3.88. The van der Waals surface area contributed by atoms with E-state index in [-0.39, 0.29) is 24.2 Å². The van der Waals surface area contributed by atoms with Gasteiger partial charge in [-0.15, -0.1) is 0 Å². The summed E-state index contributed by atoms with van der Waals surface area (Å²) in [7, 11) is 0. The maximum atomic E-state index is 12.7. The van der Waals surface area contributed by atoms with Gasteiger partial charge in [0.15, 0.2) is 0 Å². The molecule has 2 aliphatic rings. The lowest BCUT2D eigenvalue weighted by atomic mass is 10.1. The quantitative estimate of drug-likeness (QED) is 0.881. The van der Waals surface area contributed by atoms with Gasteiger partial charge in [-0.3, -0.25) is 9.59 Å². The molecular formula is C23H27N3O2. The van der Waals surface area contributed by atoms with Crippen molar-refractivity contribution in [2.75, 3.05) is 34.8 Å². The summed E-state index contributed by atoms with van der Waals surface area (Å²) in [6, 6.07) is 15.9. The van der Waals surface area contributed by atoms with E-state index >= 15 is 0 Å². The number of benzene rings is 2. The van der Waals surface area contributed by atoms with Gasteiger partial charge >= 0.3 is 0 Å². The summed E-state index contributed by atoms with van der Waals surface area (Å²) in [5.74, 6) is 0.316. The highest BCUT2D eigenvalue weighted by Crippen LogP contribution is 2.28. The molecule has 5 heteroatoms. The standard InChI is InChI=1S/C23H27N3O2/c1-16-3-7-21(8-4-16)26-15-18(13-22(26)27)23(28)24-19-5-9-20(10-6-19)25-12-11-17(2)14-25/h3-10,17-18H,11-15H2,1-2H3,(H,24,28). The number of carbonyl (C=O) groups excluding carboxylic acids is 2. The molecule has 1 N–H and O–H groups in total. The van der Waals surface area contributed by atoms with Gasteiger partial charge in [0.05, 0.1) is 5.92 Å². The molecule has 0 spiro atoms. The first-order valence-electron chi connectivity index (χ1n) is 10.0. The van der Waals surface area contributed by atoms with Crippen LogP contribution in [0.4, 0.5) is 17.1 Å². The second kappa shape index (κ2) is 7.66. The van der Waals surface area contributed by atoms with Gasteiger partial charge in [-0.25, -0.2) is 0 Å². The van der Waals surface area contributed by atoms with Gasteiger partial charge < -0.3 is 15.1 Å². The molecule has 2 fully saturated rings. The Labute approximate surface area is 166 Å². The number of amides is 2. The first-order chi connectivity index (χ1) is 13.5. The zero-order valence-electron chi connectivity index (χ0n) is 16.5. The molecule has 2 saturated heterocycles. The third-order valence-corrected chi connectivity index (χ3v) is 5.77. The average molecular weight is 377 g/mol. The van der Waals surface area contributed by atoms with Crippen LogP contribution < -0.4 is 15.1 Å². The molecule has 2 aliphatic heterocycles. The SMILES string of the molecule is Cc1ccc(N2CC(C(=O)Nc3ccc(N4CCC(C)C4)cc3)CC2=O)cc1. The van der Waals surface area contributed by atoms with Gasteiger partial charge in [-0.2, -0.15) is 0 Å². The van der Waals surface area contributed by atoms with Crippen molar-refractivity contribution in [1.29, 1.82) is 0 Å². The molecular weight excluding hydrogens is 350 g/mol. The molecule has 2 unspecified atom stereocenters. The zero-order chi connectivity index (χ0) is 19.7. The molecule has 2 aromatic rings. The lowest BCUT2D eigenvalue weighted by Crippen LogP contribution is -2.28. The summed E-state index contributed by atoms with van der Waals surface area (Å²) < 4.78 is 0. The maximum Gasteiger partial charge on any atom is 0.229 e. The van der Waals surface area contributed by atoms with Crippen molar-refractivity contribution in [3.63, 3.8) is 0 Å². The molecule has 0 saturated carbocycles. The van der Waals surface area contributed by atoms with Crippen molar-refractivity contribution < 1.29 is 9.59 Å². The second-order valence-corrected chi connectivity index (χ2v) is 8.12. The second-order valence-electron chi connectivity index (χ2n) is 8.12. The van der Waals surface area contributed by atoms with Crippen molar-refractivity contribution in [3.05, 3.63) is 54.1 Å². The first-order valence-corrected chi connectivity index (χ1v) is 10.0. The molecule has 2 amide bonds. The highest BCUT2D eigenvalue weighted by molar-refractivity contribution is 6.03. The molecule has 0 aliphatic carbocycles. The molecule has 2 heterocycles. The van der Waals surface area contributed by atoms with E-state index in [1.54, 1.807) is 4.90 Å². The zero-order valence-corrected chi connectivity index (χ0v) is 16.5. The van der Waals surface area contributed by atoms with E-state index in [1.165, 1.54) is 12.1 Å². The summed E-state index contributed by atoms with van der Waals surface area (Å²) in [6.07, 6.45) is 1.48. The van der Waals surface area contributed by atoms with E-state index in [9.17, 15) is 9.59 Å². The number of nitrogens with zero attached hydrogens (tertiary/aromatic N) is 2. The number of carbonyl (C=O) groups is 2. The number of nitrogens with one attached hydrogen (secondary N) is 1. The Hall–Kier alpha value is -2.82. The van der Waals surface area contributed by atoms with E-state index < -0.39 is 0 Å². The van der Waals surface area contributed by atoms with Crippen LogP contribution in [0, 0.1) is 18.8 Å². The Kier molecular flexibility index (Phi) is 5.07. The Morgan fingerprint density at radius 1 is 1.00 bits per heavy atom. The Morgan fingerprint density at radius 2 is 1.68 bits per heavy atom. The number of hydrogen-bond acceptors (Lipinski definition) is 3. The maximum absolute atomic E-state index is 12.7. The van der Waals surface area contributed by atoms with Gasteiger partial charge in [0.25, 0.3) is 0 Å². The van der Waals surface area contributed by atoms with Crippen molar-refractivity contribution in [2.24, 2.45) is 11.8 Å². The van der Waals surface area contributed by atoms with Gasteiger partial charge in [0.1, 0.15) is 0 Å². The fourth-order valence-corrected chi connectivity index (χ4v) is 4.03. The highest BCUT2D eigenvalue weighted by atomic mass is 16.2. The summed E-state index contributed by atoms with van der Waals surface area (Å²) in [6.45, 7) is 6.90. The Bertz CT molecular complexity index is 860. The molecule has 0 radical (unpaired) electrons. The van der Waals surface area contributed by atoms with E-state index in [1.807, 2.05) is 43.3 Å². The molecule has 2 atom stereocenters. The van der Waals surface area contributed by atoms with E-state index in [0.717, 1.165) is 35.9 Å². The van der Waals surface area contributed by atoms with Crippen LogP contribution >= 0.6 is 0 Å². The predicted molar refractivity (Wildman–Crippen MR) is 113 cm³/mol. The summed E-state index contributed by atoms with van der Waals surface area (Å²) in [5.41, 5.74) is 3.98. The third-order valence-electron chi connectivity index (χ3n) is 5.77. The lowest BCUT2D eigenvalue weighted by molar-refractivity contribution is -0.122. The van der Waals surface area contributed by atoms with Gasteiger partial charge in [0, 0.05) is 43.1 Å². The number of aryl methyl sites for hydroxylation is 1. The summed E-state index contributed by atoms with van der Waals surface area (Å²) >= 11 is 0. The minimum atomic E-state index is -0.326. The van der Waals surface area contributed by atoms with Gasteiger partial charge in [-0.1, -0.05) is 24.6 Å². The van der Waals surface area contributed by atoms with Crippen LogP contribution in [0.2, 0.25) is 0 Å². The fraction of sp³-hybridized carbons (Fsp3) is 0.391. The van der Waals surface area contributed by atoms with E-state index in [4.69, 9.17) is 0 Å². The van der Waals surface area contributed by atoms with Crippen LogP contribution in [0.15, 0.2) is 48.5 Å². The number of rotatable bonds is 4. The average Bonchev–Trinajstić information content (AvgIpc) is 3.29. The highest BCUT2D eigenvalue weighted by Gasteiger charge is 2.35. The Balaban J connectivity index is 1.37. The predicted octanol–water partition coefficient (Wildman–Crippen LogP) is 3.83. The molecule has 2 aromatic carbocycles. The molecule has 0 aromatic heterocycles. The van der Waals surface area contributed by atoms with E-state index in [2.05, 4.69) is 29.3 Å². The van der Waals surface area contributed by atoms with Gasteiger partial charge in [-0.05, 0) is 55.7 Å². The van der Waals surface area contributed by atoms with Crippen LogP contribution in [-0.2, 0) is 9.59 Å². The van der Waals surface area contributed by atoms with E-state index in [0.29, 0.717) is 6.54 Å². The number of anilines is 3. The fourth-order valence-electron chi connectivity index (χ4n) is 4.03. The molecule has 0 bridgehead atoms. The summed E-state index contributed by atoms with van der Waals surface area (Å²) in [5, 5.41) is 2.98.